The Hall–Kier alpha value is -2.97. The van der Waals surface area contributed by atoms with Crippen LogP contribution in [0.3, 0.4) is 0 Å². The van der Waals surface area contributed by atoms with Crippen LogP contribution in [0.5, 0.6) is 0 Å². The fourth-order valence-electron chi connectivity index (χ4n) is 3.38. The van der Waals surface area contributed by atoms with Crippen molar-refractivity contribution in [2.45, 2.75) is 32.1 Å². The zero-order chi connectivity index (χ0) is 21.7. The average Bonchev–Trinajstić information content (AvgIpc) is 3.17. The number of hydrogen-bond donors (Lipinski definition) is 2. The van der Waals surface area contributed by atoms with Crippen LogP contribution in [0.15, 0.2) is 58.7 Å². The Balaban J connectivity index is 1.78. The number of aromatic nitrogens is 1. The van der Waals surface area contributed by atoms with Crippen LogP contribution in [-0.4, -0.2) is 42.9 Å². The number of carbonyl (C=O) groups is 1. The molecule has 0 aliphatic rings. The summed E-state index contributed by atoms with van der Waals surface area (Å²) < 4.78 is 26.7. The fourth-order valence-corrected chi connectivity index (χ4v) is 4.88. The maximum atomic E-state index is 12.7. The summed E-state index contributed by atoms with van der Waals surface area (Å²) in [6, 6.07) is 12.0. The summed E-state index contributed by atoms with van der Waals surface area (Å²) in [7, 11) is -3.63. The molecule has 2 aromatic carbocycles. The summed E-state index contributed by atoms with van der Waals surface area (Å²) in [5, 5.41) is 5.08. The van der Waals surface area contributed by atoms with E-state index >= 15 is 0 Å². The van der Waals surface area contributed by atoms with Gasteiger partial charge in [0.2, 0.25) is 10.0 Å². The number of benzene rings is 2. The lowest BCUT2D eigenvalue weighted by atomic mass is 10.1. The molecule has 1 heterocycles. The Morgan fingerprint density at radius 2 is 1.87 bits per heavy atom. The fraction of sp³-hybridized carbons (Fsp3) is 0.273. The summed E-state index contributed by atoms with van der Waals surface area (Å²) in [6.45, 7) is 6.38. The molecular weight excluding hydrogens is 400 g/mol. The molecule has 7 nitrogen and oxygen atoms in total. The Morgan fingerprint density at radius 3 is 2.57 bits per heavy atom. The van der Waals surface area contributed by atoms with Crippen LogP contribution in [-0.2, 0) is 16.4 Å². The SMILES string of the molecule is CCc1cccc2c(/C=N/NC(=O)c3cccc(S(=O)(=O)N(CC)CC)c3)c[nH]c12. The Bertz CT molecular complexity index is 1180. The summed E-state index contributed by atoms with van der Waals surface area (Å²) in [5.74, 6) is -0.475. The molecule has 0 unspecified atom stereocenters. The predicted molar refractivity (Wildman–Crippen MR) is 119 cm³/mol. The Morgan fingerprint density at radius 1 is 1.13 bits per heavy atom. The number of fused-ring (bicyclic) bond motifs is 1. The van der Waals surface area contributed by atoms with Gasteiger partial charge in [-0.3, -0.25) is 4.79 Å². The summed E-state index contributed by atoms with van der Waals surface area (Å²) in [5.41, 5.74) is 5.83. The van der Waals surface area contributed by atoms with Crippen molar-refractivity contribution < 1.29 is 13.2 Å². The van der Waals surface area contributed by atoms with Crippen molar-refractivity contribution in [2.24, 2.45) is 5.10 Å². The van der Waals surface area contributed by atoms with E-state index in [4.69, 9.17) is 0 Å². The van der Waals surface area contributed by atoms with E-state index in [9.17, 15) is 13.2 Å². The van der Waals surface area contributed by atoms with Gasteiger partial charge in [-0.15, -0.1) is 0 Å². The number of H-pyrrole nitrogens is 1. The second-order valence-electron chi connectivity index (χ2n) is 6.75. The number of aryl methyl sites for hydroxylation is 1. The second-order valence-corrected chi connectivity index (χ2v) is 8.69. The minimum Gasteiger partial charge on any atom is -0.360 e. The van der Waals surface area contributed by atoms with Crippen molar-refractivity contribution in [3.63, 3.8) is 0 Å². The van der Waals surface area contributed by atoms with Crippen molar-refractivity contribution in [3.05, 3.63) is 65.4 Å². The molecule has 0 atom stereocenters. The number of aromatic amines is 1. The van der Waals surface area contributed by atoms with Crippen molar-refractivity contribution in [1.82, 2.24) is 14.7 Å². The van der Waals surface area contributed by atoms with Crippen LogP contribution in [0, 0.1) is 0 Å². The maximum absolute atomic E-state index is 12.7. The highest BCUT2D eigenvalue weighted by Gasteiger charge is 2.22. The van der Waals surface area contributed by atoms with Gasteiger partial charge in [0, 0.05) is 41.3 Å². The number of sulfonamides is 1. The standard InChI is InChI=1S/C22H26N4O3S/c1-4-16-9-8-12-20-18(14-23-21(16)20)15-24-25-22(27)17-10-7-11-19(13-17)30(28,29)26(5-2)6-3/h7-15,23H,4-6H2,1-3H3,(H,25,27)/b24-15+. The highest BCUT2D eigenvalue weighted by molar-refractivity contribution is 7.89. The van der Waals surface area contributed by atoms with E-state index in [1.807, 2.05) is 18.3 Å². The average molecular weight is 427 g/mol. The molecule has 1 amide bonds. The minimum atomic E-state index is -3.63. The number of nitrogens with one attached hydrogen (secondary N) is 2. The van der Waals surface area contributed by atoms with E-state index in [0.29, 0.717) is 13.1 Å². The number of hydrogen-bond acceptors (Lipinski definition) is 4. The first-order chi connectivity index (χ1) is 14.4. The Labute approximate surface area is 176 Å². The van der Waals surface area contributed by atoms with Crippen LogP contribution in [0.1, 0.15) is 42.3 Å². The molecule has 0 fully saturated rings. The van der Waals surface area contributed by atoms with Gasteiger partial charge >= 0.3 is 0 Å². The van der Waals surface area contributed by atoms with Gasteiger partial charge in [0.25, 0.3) is 5.91 Å². The molecule has 0 bridgehead atoms. The monoisotopic (exact) mass is 426 g/mol. The summed E-state index contributed by atoms with van der Waals surface area (Å²) in [4.78, 5) is 15.8. The van der Waals surface area contributed by atoms with Gasteiger partial charge in [0.1, 0.15) is 0 Å². The van der Waals surface area contributed by atoms with Crippen molar-refractivity contribution in [1.29, 1.82) is 0 Å². The lowest BCUT2D eigenvalue weighted by molar-refractivity contribution is 0.0955. The van der Waals surface area contributed by atoms with Gasteiger partial charge in [0.15, 0.2) is 0 Å². The largest absolute Gasteiger partial charge is 0.360 e. The first-order valence-corrected chi connectivity index (χ1v) is 11.4. The number of rotatable bonds is 8. The smallest absolute Gasteiger partial charge is 0.271 e. The van der Waals surface area contributed by atoms with Crippen LogP contribution in [0.2, 0.25) is 0 Å². The van der Waals surface area contributed by atoms with Crippen LogP contribution >= 0.6 is 0 Å². The van der Waals surface area contributed by atoms with Crippen molar-refractivity contribution >= 4 is 33.0 Å². The normalized spacial score (nSPS) is 12.1. The number of amides is 1. The molecule has 0 radical (unpaired) electrons. The van der Waals surface area contributed by atoms with Gasteiger partial charge in [0.05, 0.1) is 11.1 Å². The number of nitrogens with zero attached hydrogens (tertiary/aromatic N) is 2. The van der Waals surface area contributed by atoms with Gasteiger partial charge in [-0.25, -0.2) is 13.8 Å². The minimum absolute atomic E-state index is 0.0894. The third kappa shape index (κ3) is 4.29. The molecule has 2 N–H and O–H groups in total. The summed E-state index contributed by atoms with van der Waals surface area (Å²) in [6.07, 6.45) is 4.33. The molecule has 0 saturated heterocycles. The van der Waals surface area contributed by atoms with E-state index in [1.165, 1.54) is 22.0 Å². The topological polar surface area (TPSA) is 94.6 Å². The van der Waals surface area contributed by atoms with Crippen LogP contribution < -0.4 is 5.43 Å². The van der Waals surface area contributed by atoms with E-state index in [-0.39, 0.29) is 10.5 Å². The third-order valence-electron chi connectivity index (χ3n) is 5.02. The van der Waals surface area contributed by atoms with Gasteiger partial charge in [-0.05, 0) is 30.2 Å². The lowest BCUT2D eigenvalue weighted by Crippen LogP contribution is -2.30. The van der Waals surface area contributed by atoms with Crippen molar-refractivity contribution in [3.8, 4) is 0 Å². The third-order valence-corrected chi connectivity index (χ3v) is 7.07. The van der Waals surface area contributed by atoms with Crippen molar-refractivity contribution in [2.75, 3.05) is 13.1 Å². The predicted octanol–water partition coefficient (Wildman–Crippen LogP) is 3.52. The molecule has 0 aliphatic carbocycles. The molecule has 158 valence electrons. The van der Waals surface area contributed by atoms with Gasteiger partial charge in [-0.2, -0.15) is 9.41 Å². The molecule has 8 heteroatoms. The molecule has 0 saturated carbocycles. The highest BCUT2D eigenvalue weighted by Crippen LogP contribution is 2.21. The first kappa shape index (κ1) is 21.7. The first-order valence-electron chi connectivity index (χ1n) is 9.94. The van der Waals surface area contributed by atoms with Gasteiger partial charge < -0.3 is 4.98 Å². The molecule has 3 aromatic rings. The lowest BCUT2D eigenvalue weighted by Gasteiger charge is -2.18. The number of hydrazone groups is 1. The molecule has 3 rings (SSSR count). The molecule has 1 aromatic heterocycles. The molecular formula is C22H26N4O3S. The number of para-hydroxylation sites is 1. The number of carbonyl (C=O) groups excluding carboxylic acids is 1. The van der Waals surface area contributed by atoms with E-state index in [2.05, 4.69) is 28.5 Å². The van der Waals surface area contributed by atoms with Crippen LogP contribution in [0.25, 0.3) is 10.9 Å². The Kier molecular flexibility index (Phi) is 6.69. The molecule has 0 aliphatic heterocycles. The second kappa shape index (κ2) is 9.23. The quantitative estimate of drug-likeness (QED) is 0.426. The molecule has 30 heavy (non-hydrogen) atoms. The summed E-state index contributed by atoms with van der Waals surface area (Å²) >= 11 is 0. The van der Waals surface area contributed by atoms with E-state index < -0.39 is 15.9 Å². The zero-order valence-electron chi connectivity index (χ0n) is 17.3. The van der Waals surface area contributed by atoms with Gasteiger partial charge in [-0.1, -0.05) is 45.0 Å². The zero-order valence-corrected chi connectivity index (χ0v) is 18.2. The molecule has 0 spiro atoms. The van der Waals surface area contributed by atoms with E-state index in [0.717, 1.165) is 22.9 Å². The van der Waals surface area contributed by atoms with E-state index in [1.54, 1.807) is 32.2 Å². The van der Waals surface area contributed by atoms with Crippen LogP contribution in [0.4, 0.5) is 0 Å². The highest BCUT2D eigenvalue weighted by atomic mass is 32.2. The maximum Gasteiger partial charge on any atom is 0.271 e.